The molecule has 0 radical (unpaired) electrons. The van der Waals surface area contributed by atoms with Crippen molar-refractivity contribution in [1.29, 1.82) is 0 Å². The number of nitrogens with zero attached hydrogens (tertiary/aromatic N) is 2. The maximum Gasteiger partial charge on any atom is 0.161 e. The molecule has 0 aliphatic carbocycles. The molecule has 116 valence electrons. The molecule has 2 rings (SSSR count). The summed E-state index contributed by atoms with van der Waals surface area (Å²) < 4.78 is 6.08. The summed E-state index contributed by atoms with van der Waals surface area (Å²) in [4.78, 5) is 6.73. The Hall–Kier alpha value is -0.260. The van der Waals surface area contributed by atoms with Crippen molar-refractivity contribution in [3.8, 4) is 0 Å². The predicted octanol–water partition coefficient (Wildman–Crippen LogP) is 2.86. The molecule has 0 unspecified atom stereocenters. The minimum Gasteiger partial charge on any atom is -0.390 e. The van der Waals surface area contributed by atoms with Gasteiger partial charge in [0.25, 0.3) is 0 Å². The van der Waals surface area contributed by atoms with Crippen LogP contribution in [0.2, 0.25) is 0 Å². The second-order valence-corrected chi connectivity index (χ2v) is 7.09. The minimum absolute atomic E-state index is 0.00193. The van der Waals surface area contributed by atoms with Gasteiger partial charge in [-0.25, -0.2) is 0 Å². The van der Waals surface area contributed by atoms with E-state index >= 15 is 0 Å². The Balaban J connectivity index is 1.75. The first kappa shape index (κ1) is 16.1. The van der Waals surface area contributed by atoms with Crippen LogP contribution in [0.15, 0.2) is 4.99 Å². The Morgan fingerprint density at radius 3 is 2.85 bits per heavy atom. The fraction of sp³-hybridized carbons (Fsp3) is 0.933. The highest BCUT2D eigenvalue weighted by molar-refractivity contribution is 8.14. The lowest BCUT2D eigenvalue weighted by Crippen LogP contribution is -2.40. The largest absolute Gasteiger partial charge is 0.390 e. The molecule has 0 aromatic carbocycles. The fourth-order valence-corrected chi connectivity index (χ4v) is 3.95. The lowest BCUT2D eigenvalue weighted by molar-refractivity contribution is -0.0820. The summed E-state index contributed by atoms with van der Waals surface area (Å²) >= 11 is 1.70. The zero-order valence-corrected chi connectivity index (χ0v) is 13.7. The number of aliphatic hydroxyl groups is 1. The van der Waals surface area contributed by atoms with Crippen LogP contribution in [0.5, 0.6) is 0 Å². The highest BCUT2D eigenvalue weighted by Crippen LogP contribution is 2.37. The summed E-state index contributed by atoms with van der Waals surface area (Å²) in [6.45, 7) is 2.21. The third kappa shape index (κ3) is 4.12. The summed E-state index contributed by atoms with van der Waals surface area (Å²) in [6.07, 6.45) is 7.35. The van der Waals surface area contributed by atoms with E-state index in [0.29, 0.717) is 0 Å². The molecule has 1 saturated heterocycles. The van der Waals surface area contributed by atoms with Gasteiger partial charge < -0.3 is 14.7 Å². The predicted molar refractivity (Wildman–Crippen MR) is 85.2 cm³/mol. The van der Waals surface area contributed by atoms with Gasteiger partial charge in [0.1, 0.15) is 5.44 Å². The number of fused-ring (bicyclic) bond motifs is 1. The average Bonchev–Trinajstić information content (AvgIpc) is 2.86. The molecule has 0 bridgehead atoms. The summed E-state index contributed by atoms with van der Waals surface area (Å²) in [5.41, 5.74) is 0.108. The molecule has 0 saturated carbocycles. The number of amidine groups is 1. The van der Waals surface area contributed by atoms with E-state index in [2.05, 4.69) is 11.9 Å². The Kier molecular flexibility index (Phi) is 6.18. The zero-order valence-electron chi connectivity index (χ0n) is 12.9. The summed E-state index contributed by atoms with van der Waals surface area (Å²) in [6, 6.07) is 0.279. The Bertz CT molecular complexity index is 336. The third-order valence-electron chi connectivity index (χ3n) is 4.03. The molecule has 20 heavy (non-hydrogen) atoms. The summed E-state index contributed by atoms with van der Waals surface area (Å²) in [7, 11) is 4.03. The quantitative estimate of drug-likeness (QED) is 0.766. The maximum atomic E-state index is 10.3. The molecule has 0 aromatic rings. The molecule has 4 atom stereocenters. The normalized spacial score (nSPS) is 30.8. The van der Waals surface area contributed by atoms with Crippen LogP contribution in [-0.2, 0) is 4.74 Å². The number of aliphatic hydroxyl groups excluding tert-OH is 1. The highest BCUT2D eigenvalue weighted by atomic mass is 32.2. The Labute approximate surface area is 127 Å². The molecule has 0 aromatic heterocycles. The minimum atomic E-state index is -0.309. The Morgan fingerprint density at radius 1 is 1.35 bits per heavy atom. The zero-order chi connectivity index (χ0) is 14.5. The number of ether oxygens (including phenoxy) is 1. The van der Waals surface area contributed by atoms with Crippen molar-refractivity contribution < 1.29 is 9.84 Å². The van der Waals surface area contributed by atoms with E-state index in [0.717, 1.165) is 30.9 Å². The first-order valence-corrected chi connectivity index (χ1v) is 8.75. The third-order valence-corrected chi connectivity index (χ3v) is 5.37. The molecule has 2 aliphatic heterocycles. The smallest absolute Gasteiger partial charge is 0.161 e. The standard InChI is InChI=1S/C15H28N2O2S/c1-4-5-6-7-8-12(18)13-10-9-11-14(19-13)20-15(16-11)17(2)3/h11-14,18H,4-10H2,1-3H3/t11-,12+,13-,14-/m1/s1. The average molecular weight is 300 g/mol. The van der Waals surface area contributed by atoms with Crippen LogP contribution in [0.3, 0.4) is 0 Å². The molecule has 1 N–H and O–H groups in total. The lowest BCUT2D eigenvalue weighted by Gasteiger charge is -2.33. The topological polar surface area (TPSA) is 45.1 Å². The molecule has 4 nitrogen and oxygen atoms in total. The van der Waals surface area contributed by atoms with E-state index in [4.69, 9.17) is 4.74 Å². The van der Waals surface area contributed by atoms with Crippen molar-refractivity contribution in [2.24, 2.45) is 4.99 Å². The van der Waals surface area contributed by atoms with Crippen molar-refractivity contribution in [3.63, 3.8) is 0 Å². The van der Waals surface area contributed by atoms with E-state index in [1.807, 2.05) is 19.0 Å². The molecular weight excluding hydrogens is 272 g/mol. The van der Waals surface area contributed by atoms with Gasteiger partial charge in [0.05, 0.1) is 18.2 Å². The van der Waals surface area contributed by atoms with Crippen molar-refractivity contribution in [3.05, 3.63) is 0 Å². The van der Waals surface area contributed by atoms with E-state index in [-0.39, 0.29) is 23.7 Å². The monoisotopic (exact) mass is 300 g/mol. The Morgan fingerprint density at radius 2 is 2.15 bits per heavy atom. The SMILES string of the molecule is CCCCCC[C@H](O)[C@H]1CC[C@H]2N=C(N(C)C)S[C@H]2O1. The van der Waals surface area contributed by atoms with Crippen molar-refractivity contribution in [1.82, 2.24) is 4.90 Å². The summed E-state index contributed by atoms with van der Waals surface area (Å²) in [5.74, 6) is 0. The van der Waals surface area contributed by atoms with E-state index in [9.17, 15) is 5.11 Å². The molecule has 1 fully saturated rings. The molecular formula is C15H28N2O2S. The van der Waals surface area contributed by atoms with E-state index in [1.165, 1.54) is 19.3 Å². The van der Waals surface area contributed by atoms with Gasteiger partial charge in [0.15, 0.2) is 5.17 Å². The van der Waals surface area contributed by atoms with Crippen molar-refractivity contribution in [2.75, 3.05) is 14.1 Å². The van der Waals surface area contributed by atoms with Crippen molar-refractivity contribution in [2.45, 2.75) is 75.6 Å². The number of aliphatic imine (C=N–C) groups is 1. The van der Waals surface area contributed by atoms with Gasteiger partial charge >= 0.3 is 0 Å². The number of hydrogen-bond acceptors (Lipinski definition) is 5. The lowest BCUT2D eigenvalue weighted by atomic mass is 9.97. The fourth-order valence-electron chi connectivity index (χ4n) is 2.78. The van der Waals surface area contributed by atoms with Gasteiger partial charge in [-0.2, -0.15) is 0 Å². The van der Waals surface area contributed by atoms with Crippen LogP contribution in [0, 0.1) is 0 Å². The molecule has 5 heteroatoms. The van der Waals surface area contributed by atoms with Crippen LogP contribution in [0.4, 0.5) is 0 Å². The molecule has 2 heterocycles. The van der Waals surface area contributed by atoms with E-state index < -0.39 is 0 Å². The summed E-state index contributed by atoms with van der Waals surface area (Å²) in [5, 5.41) is 11.3. The van der Waals surface area contributed by atoms with E-state index in [1.54, 1.807) is 11.8 Å². The first-order valence-electron chi connectivity index (χ1n) is 7.87. The molecule has 0 spiro atoms. The van der Waals surface area contributed by atoms with Gasteiger partial charge in [-0.15, -0.1) is 0 Å². The van der Waals surface area contributed by atoms with Crippen LogP contribution in [-0.4, -0.2) is 53.0 Å². The number of thioether (sulfide) groups is 1. The van der Waals surface area contributed by atoms with Crippen LogP contribution < -0.4 is 0 Å². The number of rotatable bonds is 6. The van der Waals surface area contributed by atoms with Gasteiger partial charge in [0.2, 0.25) is 0 Å². The van der Waals surface area contributed by atoms with Gasteiger partial charge in [-0.3, -0.25) is 4.99 Å². The van der Waals surface area contributed by atoms with Gasteiger partial charge in [-0.1, -0.05) is 44.4 Å². The highest BCUT2D eigenvalue weighted by Gasteiger charge is 2.39. The molecule has 2 aliphatic rings. The second-order valence-electron chi connectivity index (χ2n) is 6.03. The number of hydrogen-bond donors (Lipinski definition) is 1. The number of unbranched alkanes of at least 4 members (excludes halogenated alkanes) is 3. The van der Waals surface area contributed by atoms with Crippen LogP contribution in [0.25, 0.3) is 0 Å². The second kappa shape index (κ2) is 7.66. The van der Waals surface area contributed by atoms with Gasteiger partial charge in [-0.05, 0) is 19.3 Å². The van der Waals surface area contributed by atoms with Crippen LogP contribution >= 0.6 is 11.8 Å². The maximum absolute atomic E-state index is 10.3. The van der Waals surface area contributed by atoms with Crippen LogP contribution in [0.1, 0.15) is 51.9 Å². The van der Waals surface area contributed by atoms with Gasteiger partial charge in [0, 0.05) is 14.1 Å². The van der Waals surface area contributed by atoms with Crippen molar-refractivity contribution >= 4 is 16.9 Å². The molecule has 0 amide bonds. The first-order chi connectivity index (χ1) is 9.61.